The molecule has 0 atom stereocenters. The normalized spacial score (nSPS) is 10.7. The lowest BCUT2D eigenvalue weighted by Gasteiger charge is -2.01. The van der Waals surface area contributed by atoms with Crippen LogP contribution in [0.1, 0.15) is 10.4 Å². The summed E-state index contributed by atoms with van der Waals surface area (Å²) in [5, 5.41) is 6.30. The maximum atomic E-state index is 13.0. The van der Waals surface area contributed by atoms with Gasteiger partial charge in [-0.1, -0.05) is 11.8 Å². The highest BCUT2D eigenvalue weighted by Crippen LogP contribution is 2.16. The molecule has 0 fully saturated rings. The summed E-state index contributed by atoms with van der Waals surface area (Å²) in [6, 6.07) is 2.96. The van der Waals surface area contributed by atoms with Gasteiger partial charge in [-0.25, -0.2) is 18.7 Å². The van der Waals surface area contributed by atoms with Crippen LogP contribution < -0.4 is 5.69 Å². The standard InChI is InChI=1S/C11H9F2N3O2S/c1-16-10(18)14-15-11(16)19-5-9(17)6-2-3-7(12)8(13)4-6/h2-4H,5H2,1H3,(H,14,18). The van der Waals surface area contributed by atoms with E-state index in [1.54, 1.807) is 0 Å². The molecule has 0 saturated carbocycles. The summed E-state index contributed by atoms with van der Waals surface area (Å²) >= 11 is 1.04. The number of hydrogen-bond acceptors (Lipinski definition) is 4. The van der Waals surface area contributed by atoms with Gasteiger partial charge in [0.15, 0.2) is 22.6 Å². The van der Waals surface area contributed by atoms with E-state index in [0.717, 1.165) is 23.9 Å². The lowest BCUT2D eigenvalue weighted by Crippen LogP contribution is -2.13. The van der Waals surface area contributed by atoms with Gasteiger partial charge in [0.05, 0.1) is 5.75 Å². The fraction of sp³-hybridized carbons (Fsp3) is 0.182. The number of rotatable bonds is 4. The number of Topliss-reactive ketones (excluding diaryl/α,β-unsaturated/α-hetero) is 1. The highest BCUT2D eigenvalue weighted by atomic mass is 32.2. The first-order valence-electron chi connectivity index (χ1n) is 5.21. The van der Waals surface area contributed by atoms with Gasteiger partial charge in [0.2, 0.25) is 0 Å². The molecule has 1 aromatic heterocycles. The van der Waals surface area contributed by atoms with Crippen molar-refractivity contribution in [2.75, 3.05) is 5.75 Å². The van der Waals surface area contributed by atoms with Gasteiger partial charge < -0.3 is 0 Å². The van der Waals surface area contributed by atoms with Crippen LogP contribution in [0, 0.1) is 11.6 Å². The molecule has 100 valence electrons. The van der Waals surface area contributed by atoms with E-state index in [1.807, 2.05) is 0 Å². The van der Waals surface area contributed by atoms with Crippen molar-refractivity contribution in [1.82, 2.24) is 14.8 Å². The first kappa shape index (κ1) is 13.5. The fourth-order valence-corrected chi connectivity index (χ4v) is 2.16. The Kier molecular flexibility index (Phi) is 3.79. The smallest absolute Gasteiger partial charge is 0.293 e. The minimum absolute atomic E-state index is 0.0246. The van der Waals surface area contributed by atoms with Crippen molar-refractivity contribution in [3.63, 3.8) is 0 Å². The van der Waals surface area contributed by atoms with E-state index in [0.29, 0.717) is 5.16 Å². The number of thioether (sulfide) groups is 1. The van der Waals surface area contributed by atoms with Crippen LogP contribution in [-0.2, 0) is 7.05 Å². The molecule has 0 bridgehead atoms. The van der Waals surface area contributed by atoms with Gasteiger partial charge in [-0.2, -0.15) is 0 Å². The first-order chi connectivity index (χ1) is 8.99. The van der Waals surface area contributed by atoms with Crippen LogP contribution in [0.5, 0.6) is 0 Å². The van der Waals surface area contributed by atoms with Crippen LogP contribution >= 0.6 is 11.8 Å². The third-order valence-corrected chi connectivity index (χ3v) is 3.44. The van der Waals surface area contributed by atoms with E-state index in [1.165, 1.54) is 17.7 Å². The van der Waals surface area contributed by atoms with Crippen LogP contribution in [0.3, 0.4) is 0 Å². The Morgan fingerprint density at radius 1 is 1.42 bits per heavy atom. The monoisotopic (exact) mass is 285 g/mol. The van der Waals surface area contributed by atoms with E-state index in [-0.39, 0.29) is 22.8 Å². The second-order valence-electron chi connectivity index (χ2n) is 3.71. The predicted molar refractivity (Wildman–Crippen MR) is 65.2 cm³/mol. The highest BCUT2D eigenvalue weighted by molar-refractivity contribution is 7.99. The maximum Gasteiger partial charge on any atom is 0.343 e. The molecule has 19 heavy (non-hydrogen) atoms. The Morgan fingerprint density at radius 3 is 2.74 bits per heavy atom. The summed E-state index contributed by atoms with van der Waals surface area (Å²) in [7, 11) is 1.51. The molecule has 8 heteroatoms. The number of aromatic nitrogens is 3. The molecule has 0 aliphatic carbocycles. The number of carbonyl (C=O) groups excluding carboxylic acids is 1. The van der Waals surface area contributed by atoms with E-state index in [9.17, 15) is 18.4 Å². The summed E-state index contributed by atoms with van der Waals surface area (Å²) in [4.78, 5) is 22.9. The van der Waals surface area contributed by atoms with Crippen LogP contribution in [0.25, 0.3) is 0 Å². The number of benzene rings is 1. The third kappa shape index (κ3) is 2.90. The fourth-order valence-electron chi connectivity index (χ4n) is 1.34. The summed E-state index contributed by atoms with van der Waals surface area (Å²) in [5.74, 6) is -2.47. The Hall–Kier alpha value is -1.96. The van der Waals surface area contributed by atoms with Gasteiger partial charge in [0.1, 0.15) is 0 Å². The number of nitrogens with one attached hydrogen (secondary N) is 1. The minimum Gasteiger partial charge on any atom is -0.293 e. The zero-order valence-electron chi connectivity index (χ0n) is 9.81. The summed E-state index contributed by atoms with van der Waals surface area (Å²) < 4.78 is 27.0. The largest absolute Gasteiger partial charge is 0.343 e. The molecule has 2 rings (SSSR count). The summed E-state index contributed by atoms with van der Waals surface area (Å²) in [5.41, 5.74) is -0.310. The number of carbonyl (C=O) groups is 1. The topological polar surface area (TPSA) is 67.8 Å². The Balaban J connectivity index is 2.07. The molecule has 0 radical (unpaired) electrons. The molecule has 1 N–H and O–H groups in total. The van der Waals surface area contributed by atoms with Crippen molar-refractivity contribution in [1.29, 1.82) is 0 Å². The first-order valence-corrected chi connectivity index (χ1v) is 6.20. The Labute approximate surface area is 110 Å². The van der Waals surface area contributed by atoms with E-state index in [4.69, 9.17) is 0 Å². The Morgan fingerprint density at radius 2 is 2.16 bits per heavy atom. The SMILES string of the molecule is Cn1c(SCC(=O)c2ccc(F)c(F)c2)n[nH]c1=O. The number of ketones is 1. The average Bonchev–Trinajstić information content (AvgIpc) is 2.70. The van der Waals surface area contributed by atoms with Gasteiger partial charge in [-0.05, 0) is 18.2 Å². The quantitative estimate of drug-likeness (QED) is 0.680. The molecule has 0 aliphatic rings. The molecule has 0 aliphatic heterocycles. The Bertz CT molecular complexity index is 681. The molecule has 0 spiro atoms. The zero-order valence-corrected chi connectivity index (χ0v) is 10.6. The number of nitrogens with zero attached hydrogens (tertiary/aromatic N) is 2. The summed E-state index contributed by atoms with van der Waals surface area (Å²) in [6.45, 7) is 0. The number of H-pyrrole nitrogens is 1. The molecule has 1 heterocycles. The van der Waals surface area contributed by atoms with Crippen LogP contribution in [-0.4, -0.2) is 26.3 Å². The van der Waals surface area contributed by atoms with Crippen molar-refractivity contribution >= 4 is 17.5 Å². The summed E-state index contributed by atoms with van der Waals surface area (Å²) in [6.07, 6.45) is 0. The lowest BCUT2D eigenvalue weighted by molar-refractivity contribution is 0.102. The number of halogens is 2. The van der Waals surface area contributed by atoms with Gasteiger partial charge in [-0.15, -0.1) is 5.10 Å². The van der Waals surface area contributed by atoms with E-state index < -0.39 is 11.6 Å². The maximum absolute atomic E-state index is 13.0. The van der Waals surface area contributed by atoms with Crippen LogP contribution in [0.2, 0.25) is 0 Å². The highest BCUT2D eigenvalue weighted by Gasteiger charge is 2.12. The molecule has 0 unspecified atom stereocenters. The van der Waals surface area contributed by atoms with Crippen molar-refractivity contribution in [3.8, 4) is 0 Å². The molecule has 0 saturated heterocycles. The molecule has 5 nitrogen and oxygen atoms in total. The van der Waals surface area contributed by atoms with Gasteiger partial charge in [0.25, 0.3) is 0 Å². The third-order valence-electron chi connectivity index (χ3n) is 2.41. The van der Waals surface area contributed by atoms with Crippen molar-refractivity contribution < 1.29 is 13.6 Å². The van der Waals surface area contributed by atoms with E-state index in [2.05, 4.69) is 10.2 Å². The molecule has 1 aromatic carbocycles. The second kappa shape index (κ2) is 5.35. The zero-order chi connectivity index (χ0) is 14.0. The van der Waals surface area contributed by atoms with Crippen molar-refractivity contribution in [2.24, 2.45) is 7.05 Å². The second-order valence-corrected chi connectivity index (χ2v) is 4.65. The molecular weight excluding hydrogens is 276 g/mol. The van der Waals surface area contributed by atoms with Crippen LogP contribution in [0.15, 0.2) is 28.2 Å². The average molecular weight is 285 g/mol. The van der Waals surface area contributed by atoms with Gasteiger partial charge in [0, 0.05) is 12.6 Å². The number of aromatic amines is 1. The molecule has 2 aromatic rings. The lowest BCUT2D eigenvalue weighted by atomic mass is 10.1. The minimum atomic E-state index is -1.07. The molecule has 0 amide bonds. The van der Waals surface area contributed by atoms with Crippen molar-refractivity contribution in [2.45, 2.75) is 5.16 Å². The van der Waals surface area contributed by atoms with Gasteiger partial charge >= 0.3 is 5.69 Å². The van der Waals surface area contributed by atoms with E-state index >= 15 is 0 Å². The van der Waals surface area contributed by atoms with Crippen molar-refractivity contribution in [3.05, 3.63) is 45.9 Å². The van der Waals surface area contributed by atoms with Crippen LogP contribution in [0.4, 0.5) is 8.78 Å². The molecular formula is C11H9F2N3O2S. The predicted octanol–water partition coefficient (Wildman–Crippen LogP) is 1.36. The van der Waals surface area contributed by atoms with Gasteiger partial charge in [-0.3, -0.25) is 9.36 Å². The number of hydrogen-bond donors (Lipinski definition) is 1.